The van der Waals surface area contributed by atoms with Gasteiger partial charge in [-0.25, -0.2) is 0 Å². The first-order valence-electron chi connectivity index (χ1n) is 7.85. The van der Waals surface area contributed by atoms with Crippen molar-refractivity contribution in [3.05, 3.63) is 40.3 Å². The van der Waals surface area contributed by atoms with Gasteiger partial charge in [-0.3, -0.25) is 9.78 Å². The number of benzene rings is 1. The minimum atomic E-state index is -0.382. The Kier molecular flexibility index (Phi) is 4.85. The Bertz CT molecular complexity index is 976. The molecule has 3 rings (SSSR count). The predicted octanol–water partition coefficient (Wildman–Crippen LogP) is 2.59. The minimum absolute atomic E-state index is 0.0212. The lowest BCUT2D eigenvalue weighted by atomic mass is 10.2. The van der Waals surface area contributed by atoms with E-state index in [1.54, 1.807) is 11.5 Å². The fraction of sp³-hybridized carbons (Fsp3) is 0.312. The molecule has 9 heteroatoms. The van der Waals surface area contributed by atoms with E-state index in [9.17, 15) is 9.90 Å². The number of para-hydroxylation sites is 1. The van der Waals surface area contributed by atoms with Gasteiger partial charge in [0.25, 0.3) is 11.5 Å². The summed E-state index contributed by atoms with van der Waals surface area (Å²) in [5, 5.41) is 26.7. The Morgan fingerprint density at radius 2 is 2.08 bits per heavy atom. The van der Waals surface area contributed by atoms with Crippen LogP contribution in [-0.4, -0.2) is 38.1 Å². The molecule has 0 spiro atoms. The number of aromatic hydroxyl groups is 1. The second-order valence-corrected chi connectivity index (χ2v) is 5.30. The van der Waals surface area contributed by atoms with E-state index in [4.69, 9.17) is 4.74 Å². The maximum atomic E-state index is 11.6. The van der Waals surface area contributed by atoms with Crippen LogP contribution in [0.15, 0.2) is 39.3 Å². The fourth-order valence-corrected chi connectivity index (χ4v) is 2.42. The number of aryl methyl sites for hydroxylation is 1. The highest BCUT2D eigenvalue weighted by Gasteiger charge is 2.16. The molecule has 2 heterocycles. The third-order valence-corrected chi connectivity index (χ3v) is 3.67. The Labute approximate surface area is 143 Å². The second-order valence-electron chi connectivity index (χ2n) is 5.30. The Morgan fingerprint density at radius 1 is 1.28 bits per heavy atom. The largest absolute Gasteiger partial charge is 0.493 e. The zero-order valence-electron chi connectivity index (χ0n) is 13.9. The van der Waals surface area contributed by atoms with Crippen LogP contribution in [0.1, 0.15) is 12.6 Å². The topological polar surface area (TPSA) is 118 Å². The lowest BCUT2D eigenvalue weighted by molar-refractivity contribution is 0.138. The molecular formula is C16H18N6O3. The van der Waals surface area contributed by atoms with E-state index in [0.717, 1.165) is 10.9 Å². The summed E-state index contributed by atoms with van der Waals surface area (Å²) < 4.78 is 7.07. The van der Waals surface area contributed by atoms with Crippen molar-refractivity contribution in [2.45, 2.75) is 20.4 Å². The van der Waals surface area contributed by atoms with Crippen molar-refractivity contribution < 1.29 is 9.84 Å². The molecule has 0 saturated carbocycles. The van der Waals surface area contributed by atoms with Crippen molar-refractivity contribution in [1.29, 1.82) is 0 Å². The summed E-state index contributed by atoms with van der Waals surface area (Å²) in [7, 11) is 0. The van der Waals surface area contributed by atoms with Crippen LogP contribution in [0.2, 0.25) is 0 Å². The number of hydrogen-bond acceptors (Lipinski definition) is 7. The van der Waals surface area contributed by atoms with Gasteiger partial charge in [-0.1, -0.05) is 18.2 Å². The Balaban J connectivity index is 2.00. The molecule has 0 aliphatic heterocycles. The number of fused-ring (bicyclic) bond motifs is 1. The van der Waals surface area contributed by atoms with Crippen LogP contribution in [-0.2, 0) is 11.3 Å². The normalized spacial score (nSPS) is 11.6. The molecule has 2 aromatic heterocycles. The maximum absolute atomic E-state index is 11.6. The molecule has 0 amide bonds. The monoisotopic (exact) mass is 342 g/mol. The van der Waals surface area contributed by atoms with Crippen molar-refractivity contribution in [3.63, 3.8) is 0 Å². The molecule has 0 radical (unpaired) electrons. The molecule has 0 aliphatic rings. The summed E-state index contributed by atoms with van der Waals surface area (Å²) in [5.41, 5.74) is 0.981. The zero-order chi connectivity index (χ0) is 17.8. The second kappa shape index (κ2) is 7.22. The third-order valence-electron chi connectivity index (χ3n) is 3.67. The lowest BCUT2D eigenvalue weighted by Gasteiger charge is -2.06. The smallest absolute Gasteiger partial charge is 0.274 e. The number of aromatic amines is 1. The standard InChI is InChI=1S/C16H18N6O3/c1-3-25-9-8-22-12-7-5-4-6-11(12)13(15(22)24)19-21-16-17-14(23)10(2)18-20-16/h4-7,24H,3,8-9H2,1-2H3,(H,17,20,23). The first-order valence-corrected chi connectivity index (χ1v) is 7.85. The van der Waals surface area contributed by atoms with Crippen LogP contribution in [0.25, 0.3) is 10.9 Å². The summed E-state index contributed by atoms with van der Waals surface area (Å²) in [5.74, 6) is -0.0479. The van der Waals surface area contributed by atoms with Gasteiger partial charge in [-0.2, -0.15) is 0 Å². The summed E-state index contributed by atoms with van der Waals surface area (Å²) >= 11 is 0. The van der Waals surface area contributed by atoms with Crippen LogP contribution in [0.4, 0.5) is 11.6 Å². The van der Waals surface area contributed by atoms with Gasteiger partial charge in [0.2, 0.25) is 5.88 Å². The van der Waals surface area contributed by atoms with Crippen LogP contribution in [0, 0.1) is 6.92 Å². The van der Waals surface area contributed by atoms with E-state index < -0.39 is 0 Å². The van der Waals surface area contributed by atoms with Gasteiger partial charge in [0, 0.05) is 18.5 Å². The van der Waals surface area contributed by atoms with Gasteiger partial charge in [-0.15, -0.1) is 20.4 Å². The molecule has 0 aliphatic carbocycles. The highest BCUT2D eigenvalue weighted by atomic mass is 16.5. The van der Waals surface area contributed by atoms with Gasteiger partial charge in [0.15, 0.2) is 5.69 Å². The highest BCUT2D eigenvalue weighted by molar-refractivity contribution is 5.94. The van der Waals surface area contributed by atoms with Gasteiger partial charge < -0.3 is 14.4 Å². The van der Waals surface area contributed by atoms with Gasteiger partial charge >= 0.3 is 0 Å². The lowest BCUT2D eigenvalue weighted by Crippen LogP contribution is -2.12. The molecule has 0 unspecified atom stereocenters. The maximum Gasteiger partial charge on any atom is 0.274 e. The van der Waals surface area contributed by atoms with E-state index in [0.29, 0.717) is 25.4 Å². The van der Waals surface area contributed by atoms with Gasteiger partial charge in [0.05, 0.1) is 12.1 Å². The summed E-state index contributed by atoms with van der Waals surface area (Å²) in [6, 6.07) is 7.45. The van der Waals surface area contributed by atoms with E-state index in [1.165, 1.54) is 0 Å². The van der Waals surface area contributed by atoms with Crippen molar-refractivity contribution in [1.82, 2.24) is 19.7 Å². The van der Waals surface area contributed by atoms with Crippen molar-refractivity contribution >= 4 is 22.5 Å². The number of nitrogens with one attached hydrogen (secondary N) is 1. The van der Waals surface area contributed by atoms with E-state index in [-0.39, 0.29) is 23.1 Å². The van der Waals surface area contributed by atoms with Gasteiger partial charge in [-0.05, 0) is 19.9 Å². The fourth-order valence-electron chi connectivity index (χ4n) is 2.42. The first kappa shape index (κ1) is 16.8. The van der Waals surface area contributed by atoms with E-state index in [2.05, 4.69) is 25.4 Å². The number of nitrogens with zero attached hydrogens (tertiary/aromatic N) is 5. The number of azo groups is 1. The molecule has 9 nitrogen and oxygen atoms in total. The quantitative estimate of drug-likeness (QED) is 0.527. The van der Waals surface area contributed by atoms with Crippen LogP contribution in [0.3, 0.4) is 0 Å². The molecule has 2 N–H and O–H groups in total. The number of hydrogen-bond donors (Lipinski definition) is 2. The Hall–Kier alpha value is -3.07. The molecule has 0 bridgehead atoms. The van der Waals surface area contributed by atoms with E-state index in [1.807, 2.05) is 31.2 Å². The molecule has 130 valence electrons. The van der Waals surface area contributed by atoms with Crippen molar-refractivity contribution in [2.24, 2.45) is 10.2 Å². The molecule has 3 aromatic rings. The van der Waals surface area contributed by atoms with Crippen molar-refractivity contribution in [3.8, 4) is 5.88 Å². The molecule has 0 fully saturated rings. The first-order chi connectivity index (χ1) is 12.1. The van der Waals surface area contributed by atoms with Gasteiger partial charge in [0.1, 0.15) is 5.69 Å². The summed E-state index contributed by atoms with van der Waals surface area (Å²) in [4.78, 5) is 14.0. The molecular weight excluding hydrogens is 324 g/mol. The molecule has 1 aromatic carbocycles. The molecule has 0 saturated heterocycles. The van der Waals surface area contributed by atoms with Crippen LogP contribution < -0.4 is 5.56 Å². The average molecular weight is 342 g/mol. The number of aromatic nitrogens is 4. The summed E-state index contributed by atoms with van der Waals surface area (Å²) in [6.07, 6.45) is 0. The molecule has 25 heavy (non-hydrogen) atoms. The Morgan fingerprint density at radius 3 is 2.84 bits per heavy atom. The van der Waals surface area contributed by atoms with Crippen LogP contribution >= 0.6 is 0 Å². The number of rotatable bonds is 6. The molecule has 0 atom stereocenters. The third kappa shape index (κ3) is 3.41. The average Bonchev–Trinajstić information content (AvgIpc) is 2.88. The van der Waals surface area contributed by atoms with E-state index >= 15 is 0 Å². The number of H-pyrrole nitrogens is 1. The highest BCUT2D eigenvalue weighted by Crippen LogP contribution is 2.39. The van der Waals surface area contributed by atoms with Crippen molar-refractivity contribution in [2.75, 3.05) is 13.2 Å². The minimum Gasteiger partial charge on any atom is -0.493 e. The zero-order valence-corrected chi connectivity index (χ0v) is 13.9. The SMILES string of the molecule is CCOCCn1c(O)c(N=Nc2nnc(C)c(=O)[nH]2)c2ccccc21. The summed E-state index contributed by atoms with van der Waals surface area (Å²) in [6.45, 7) is 5.01. The van der Waals surface area contributed by atoms with Crippen LogP contribution in [0.5, 0.6) is 5.88 Å². The number of ether oxygens (including phenoxy) is 1. The predicted molar refractivity (Wildman–Crippen MR) is 91.7 cm³/mol.